The molecular formula is C10H9N3O5. The number of hydrogen-bond acceptors (Lipinski definition) is 4. The quantitative estimate of drug-likeness (QED) is 0.683. The number of aromatic amines is 2. The van der Waals surface area contributed by atoms with Crippen molar-refractivity contribution < 1.29 is 14.6 Å². The topological polar surface area (TPSA) is 117 Å². The van der Waals surface area contributed by atoms with Gasteiger partial charge in [-0.2, -0.15) is 0 Å². The summed E-state index contributed by atoms with van der Waals surface area (Å²) in [5.41, 5.74) is -1.75. The van der Waals surface area contributed by atoms with Crippen LogP contribution in [0.15, 0.2) is 27.8 Å². The van der Waals surface area contributed by atoms with Gasteiger partial charge in [-0.05, 0) is 12.1 Å². The van der Waals surface area contributed by atoms with Gasteiger partial charge in [-0.3, -0.25) is 0 Å². The molecule has 0 fully saturated rings. The van der Waals surface area contributed by atoms with Gasteiger partial charge < -0.3 is 9.84 Å². The molecule has 0 spiro atoms. The van der Waals surface area contributed by atoms with Gasteiger partial charge in [0.05, 0.1) is 18.4 Å². The van der Waals surface area contributed by atoms with Crippen LogP contribution < -0.4 is 16.1 Å². The summed E-state index contributed by atoms with van der Waals surface area (Å²) in [7, 11) is 1.39. The summed E-state index contributed by atoms with van der Waals surface area (Å²) in [4.78, 5) is 34.0. The van der Waals surface area contributed by atoms with Gasteiger partial charge in [0.1, 0.15) is 5.75 Å². The van der Waals surface area contributed by atoms with Gasteiger partial charge in [0.15, 0.2) is 0 Å². The standard InChI is InChI=1S/C10H9N3O5/c1-18-5-2-3-6(8(14)15)7(4-5)13-9(16)11-12-10(13)17/h2-4H,1H3,(H,11,16)(H,12,17)(H,14,15). The number of nitrogens with zero attached hydrogens (tertiary/aromatic N) is 1. The molecule has 1 aromatic carbocycles. The summed E-state index contributed by atoms with van der Waals surface area (Å²) < 4.78 is 5.62. The maximum absolute atomic E-state index is 11.5. The molecule has 0 aliphatic heterocycles. The number of methoxy groups -OCH3 is 1. The molecule has 3 N–H and O–H groups in total. The van der Waals surface area contributed by atoms with Crippen molar-refractivity contribution in [3.8, 4) is 11.4 Å². The van der Waals surface area contributed by atoms with Crippen LogP contribution in [0.2, 0.25) is 0 Å². The van der Waals surface area contributed by atoms with Crippen LogP contribution in [0.5, 0.6) is 5.75 Å². The van der Waals surface area contributed by atoms with E-state index in [0.29, 0.717) is 10.3 Å². The summed E-state index contributed by atoms with van der Waals surface area (Å²) in [5.74, 6) is -0.914. The number of aromatic carboxylic acids is 1. The summed E-state index contributed by atoms with van der Waals surface area (Å²) >= 11 is 0. The minimum Gasteiger partial charge on any atom is -0.497 e. The summed E-state index contributed by atoms with van der Waals surface area (Å²) in [6.45, 7) is 0. The average Bonchev–Trinajstić information content (AvgIpc) is 2.68. The van der Waals surface area contributed by atoms with Gasteiger partial charge >= 0.3 is 17.3 Å². The van der Waals surface area contributed by atoms with Gasteiger partial charge in [-0.1, -0.05) is 0 Å². The highest BCUT2D eigenvalue weighted by Crippen LogP contribution is 2.19. The van der Waals surface area contributed by atoms with Crippen LogP contribution in [-0.2, 0) is 0 Å². The van der Waals surface area contributed by atoms with Gasteiger partial charge in [0.2, 0.25) is 0 Å². The zero-order valence-corrected chi connectivity index (χ0v) is 9.26. The Morgan fingerprint density at radius 1 is 1.28 bits per heavy atom. The number of ether oxygens (including phenoxy) is 1. The van der Waals surface area contributed by atoms with Crippen LogP contribution in [0.3, 0.4) is 0 Å². The number of carbonyl (C=O) groups is 1. The zero-order chi connectivity index (χ0) is 13.3. The summed E-state index contributed by atoms with van der Waals surface area (Å²) in [5, 5.41) is 13.2. The predicted octanol–water partition coefficient (Wildman–Crippen LogP) is -0.439. The van der Waals surface area contributed by atoms with Crippen molar-refractivity contribution in [1.82, 2.24) is 14.8 Å². The highest BCUT2D eigenvalue weighted by atomic mass is 16.5. The Bertz CT molecular complexity index is 681. The number of carboxylic acid groups (broad SMARTS) is 1. The fourth-order valence-corrected chi connectivity index (χ4v) is 1.53. The van der Waals surface area contributed by atoms with E-state index in [-0.39, 0.29) is 11.3 Å². The number of nitrogens with one attached hydrogen (secondary N) is 2. The second-order valence-electron chi connectivity index (χ2n) is 3.38. The van der Waals surface area contributed by atoms with Crippen molar-refractivity contribution >= 4 is 5.97 Å². The van der Waals surface area contributed by atoms with Gasteiger partial charge in [0, 0.05) is 6.07 Å². The minimum absolute atomic E-state index is 0.0608. The first-order valence-corrected chi connectivity index (χ1v) is 4.86. The molecule has 1 aromatic heterocycles. The first-order chi connectivity index (χ1) is 8.54. The number of benzene rings is 1. The Labute approximate surface area is 99.4 Å². The zero-order valence-electron chi connectivity index (χ0n) is 9.26. The van der Waals surface area contributed by atoms with Crippen molar-refractivity contribution in [2.75, 3.05) is 7.11 Å². The number of H-pyrrole nitrogens is 2. The lowest BCUT2D eigenvalue weighted by molar-refractivity contribution is 0.0697. The Balaban J connectivity index is 2.80. The van der Waals surface area contributed by atoms with Crippen molar-refractivity contribution in [1.29, 1.82) is 0 Å². The highest BCUT2D eigenvalue weighted by Gasteiger charge is 2.16. The molecule has 2 rings (SSSR count). The Hall–Kier alpha value is -2.77. The van der Waals surface area contributed by atoms with E-state index < -0.39 is 17.3 Å². The van der Waals surface area contributed by atoms with E-state index in [2.05, 4.69) is 10.2 Å². The maximum Gasteiger partial charge on any atom is 0.349 e. The third-order valence-corrected chi connectivity index (χ3v) is 2.36. The molecule has 18 heavy (non-hydrogen) atoms. The van der Waals surface area contributed by atoms with E-state index in [1.54, 1.807) is 0 Å². The molecule has 0 atom stereocenters. The first kappa shape index (κ1) is 11.7. The second-order valence-corrected chi connectivity index (χ2v) is 3.38. The fraction of sp³-hybridized carbons (Fsp3) is 0.100. The molecule has 2 aromatic rings. The molecule has 0 aliphatic rings. The second kappa shape index (κ2) is 4.24. The molecule has 0 amide bonds. The van der Waals surface area contributed by atoms with E-state index in [4.69, 9.17) is 9.84 Å². The Morgan fingerprint density at radius 3 is 2.39 bits per heavy atom. The number of carboxylic acids is 1. The van der Waals surface area contributed by atoms with E-state index in [9.17, 15) is 14.4 Å². The lowest BCUT2D eigenvalue weighted by Crippen LogP contribution is -2.26. The molecular weight excluding hydrogens is 242 g/mol. The lowest BCUT2D eigenvalue weighted by Gasteiger charge is -2.07. The van der Waals surface area contributed by atoms with Crippen LogP contribution in [0.25, 0.3) is 5.69 Å². The van der Waals surface area contributed by atoms with E-state index in [1.807, 2.05) is 0 Å². The maximum atomic E-state index is 11.5. The fourth-order valence-electron chi connectivity index (χ4n) is 1.53. The van der Waals surface area contributed by atoms with Gasteiger partial charge in [-0.15, -0.1) is 0 Å². The average molecular weight is 251 g/mol. The summed E-state index contributed by atoms with van der Waals surface area (Å²) in [6, 6.07) is 3.99. The van der Waals surface area contributed by atoms with E-state index in [1.165, 1.54) is 25.3 Å². The third kappa shape index (κ3) is 1.79. The van der Waals surface area contributed by atoms with Crippen molar-refractivity contribution in [2.45, 2.75) is 0 Å². The molecule has 94 valence electrons. The van der Waals surface area contributed by atoms with Gasteiger partial charge in [0.25, 0.3) is 0 Å². The lowest BCUT2D eigenvalue weighted by atomic mass is 10.1. The molecule has 8 heteroatoms. The van der Waals surface area contributed by atoms with E-state index >= 15 is 0 Å². The molecule has 0 aliphatic carbocycles. The van der Waals surface area contributed by atoms with Crippen molar-refractivity contribution in [3.63, 3.8) is 0 Å². The van der Waals surface area contributed by atoms with Crippen LogP contribution in [0.4, 0.5) is 0 Å². The number of rotatable bonds is 3. The largest absolute Gasteiger partial charge is 0.497 e. The molecule has 0 unspecified atom stereocenters. The molecule has 0 saturated carbocycles. The minimum atomic E-state index is -1.25. The van der Waals surface area contributed by atoms with Crippen LogP contribution in [0, 0.1) is 0 Å². The number of hydrogen-bond donors (Lipinski definition) is 3. The Morgan fingerprint density at radius 2 is 1.89 bits per heavy atom. The molecule has 0 radical (unpaired) electrons. The first-order valence-electron chi connectivity index (χ1n) is 4.86. The van der Waals surface area contributed by atoms with Crippen LogP contribution >= 0.6 is 0 Å². The molecule has 0 saturated heterocycles. The Kier molecular flexibility index (Phi) is 2.76. The monoisotopic (exact) mass is 251 g/mol. The van der Waals surface area contributed by atoms with E-state index in [0.717, 1.165) is 0 Å². The van der Waals surface area contributed by atoms with Crippen LogP contribution in [0.1, 0.15) is 10.4 Å². The third-order valence-electron chi connectivity index (χ3n) is 2.36. The molecule has 1 heterocycles. The summed E-state index contributed by atoms with van der Waals surface area (Å²) in [6.07, 6.45) is 0. The van der Waals surface area contributed by atoms with Crippen molar-refractivity contribution in [3.05, 3.63) is 44.7 Å². The normalized spacial score (nSPS) is 10.3. The van der Waals surface area contributed by atoms with Crippen LogP contribution in [-0.4, -0.2) is 33.0 Å². The predicted molar refractivity (Wildman–Crippen MR) is 60.5 cm³/mol. The number of aromatic nitrogens is 3. The molecule has 0 bridgehead atoms. The smallest absolute Gasteiger partial charge is 0.349 e. The highest BCUT2D eigenvalue weighted by molar-refractivity contribution is 5.92. The van der Waals surface area contributed by atoms with Crippen molar-refractivity contribution in [2.24, 2.45) is 0 Å². The molecule has 8 nitrogen and oxygen atoms in total. The SMILES string of the molecule is COc1ccc(C(=O)O)c(-n2c(=O)[nH][nH]c2=O)c1. The van der Waals surface area contributed by atoms with Gasteiger partial charge in [-0.25, -0.2) is 29.1 Å².